The summed E-state index contributed by atoms with van der Waals surface area (Å²) < 4.78 is 12.6. The standard InChI is InChI=1S/C41H26N2O2/c1-2-10-27(11-3-1)30-14-8-15-31(24-30)43(32-21-20-28-12-4-5-13-29(28)25-32)33-22-23-37-35(26-33)40-34(16-9-19-39(40)44-37)41-42-36-17-6-7-18-38(36)45-41/h1-26H. The molecule has 0 aliphatic rings. The highest BCUT2D eigenvalue weighted by Gasteiger charge is 2.20. The van der Waals surface area contributed by atoms with E-state index in [1.54, 1.807) is 0 Å². The molecule has 45 heavy (non-hydrogen) atoms. The van der Waals surface area contributed by atoms with Gasteiger partial charge in [-0.3, -0.25) is 0 Å². The summed E-state index contributed by atoms with van der Waals surface area (Å²) in [5, 5.41) is 4.38. The molecule has 0 aliphatic carbocycles. The normalized spacial score (nSPS) is 11.6. The lowest BCUT2D eigenvalue weighted by Gasteiger charge is -2.26. The van der Waals surface area contributed by atoms with Crippen LogP contribution in [-0.2, 0) is 0 Å². The van der Waals surface area contributed by atoms with Gasteiger partial charge in [0.25, 0.3) is 0 Å². The summed E-state index contributed by atoms with van der Waals surface area (Å²) in [6, 6.07) is 54.7. The monoisotopic (exact) mass is 578 g/mol. The summed E-state index contributed by atoms with van der Waals surface area (Å²) in [7, 11) is 0. The third-order valence-corrected chi connectivity index (χ3v) is 8.46. The maximum absolute atomic E-state index is 6.38. The van der Waals surface area contributed by atoms with Crippen LogP contribution >= 0.6 is 0 Å². The van der Waals surface area contributed by atoms with Crippen molar-refractivity contribution in [1.82, 2.24) is 4.98 Å². The van der Waals surface area contributed by atoms with Gasteiger partial charge in [-0.05, 0) is 88.6 Å². The first-order valence-electron chi connectivity index (χ1n) is 15.0. The fourth-order valence-electron chi connectivity index (χ4n) is 6.34. The fourth-order valence-corrected chi connectivity index (χ4v) is 6.34. The first-order chi connectivity index (χ1) is 22.3. The summed E-state index contributed by atoms with van der Waals surface area (Å²) in [4.78, 5) is 7.14. The average Bonchev–Trinajstić information content (AvgIpc) is 3.71. The zero-order valence-electron chi connectivity index (χ0n) is 24.2. The smallest absolute Gasteiger partial charge is 0.228 e. The number of anilines is 3. The molecule has 0 N–H and O–H groups in total. The molecular formula is C41H26N2O2. The Hall–Kier alpha value is -6.13. The van der Waals surface area contributed by atoms with E-state index in [4.69, 9.17) is 13.8 Å². The quantitative estimate of drug-likeness (QED) is 0.204. The zero-order valence-corrected chi connectivity index (χ0v) is 24.2. The number of hydrogen-bond donors (Lipinski definition) is 0. The number of aromatic nitrogens is 1. The molecule has 0 saturated carbocycles. The molecule has 0 atom stereocenters. The summed E-state index contributed by atoms with van der Waals surface area (Å²) >= 11 is 0. The van der Waals surface area contributed by atoms with Crippen molar-refractivity contribution >= 4 is 60.9 Å². The molecule has 0 saturated heterocycles. The van der Waals surface area contributed by atoms with Gasteiger partial charge in [-0.15, -0.1) is 0 Å². The van der Waals surface area contributed by atoms with Gasteiger partial charge in [-0.2, -0.15) is 0 Å². The van der Waals surface area contributed by atoms with Gasteiger partial charge in [0.15, 0.2) is 5.58 Å². The minimum absolute atomic E-state index is 0.580. The first kappa shape index (κ1) is 25.4. The SMILES string of the molecule is c1ccc(-c2cccc(N(c3ccc4ccccc4c3)c3ccc4oc5cccc(-c6nc7ccccc7o6)c5c4c3)c2)cc1. The maximum Gasteiger partial charge on any atom is 0.228 e. The maximum atomic E-state index is 6.38. The van der Waals surface area contributed by atoms with Crippen molar-refractivity contribution in [3.05, 3.63) is 158 Å². The van der Waals surface area contributed by atoms with E-state index >= 15 is 0 Å². The minimum Gasteiger partial charge on any atom is -0.456 e. The fraction of sp³-hybridized carbons (Fsp3) is 0. The van der Waals surface area contributed by atoms with E-state index in [0.717, 1.165) is 61.2 Å². The highest BCUT2D eigenvalue weighted by Crippen LogP contribution is 2.42. The third-order valence-electron chi connectivity index (χ3n) is 8.46. The molecule has 0 radical (unpaired) electrons. The molecule has 0 spiro atoms. The van der Waals surface area contributed by atoms with Gasteiger partial charge < -0.3 is 13.7 Å². The highest BCUT2D eigenvalue weighted by molar-refractivity contribution is 6.13. The van der Waals surface area contributed by atoms with Crippen molar-refractivity contribution in [3.63, 3.8) is 0 Å². The number of furan rings is 1. The molecule has 0 aliphatic heterocycles. The van der Waals surface area contributed by atoms with E-state index in [9.17, 15) is 0 Å². The first-order valence-corrected chi connectivity index (χ1v) is 15.0. The topological polar surface area (TPSA) is 42.4 Å². The minimum atomic E-state index is 0.580. The van der Waals surface area contributed by atoms with E-state index in [-0.39, 0.29) is 0 Å². The van der Waals surface area contributed by atoms with E-state index in [1.807, 2.05) is 42.5 Å². The van der Waals surface area contributed by atoms with Crippen molar-refractivity contribution in [1.29, 1.82) is 0 Å². The van der Waals surface area contributed by atoms with Crippen molar-refractivity contribution in [2.24, 2.45) is 0 Å². The second kappa shape index (κ2) is 10.2. The summed E-state index contributed by atoms with van der Waals surface area (Å²) in [6.07, 6.45) is 0. The highest BCUT2D eigenvalue weighted by atomic mass is 16.3. The van der Waals surface area contributed by atoms with Crippen molar-refractivity contribution in [3.8, 4) is 22.6 Å². The van der Waals surface area contributed by atoms with Crippen molar-refractivity contribution in [2.45, 2.75) is 0 Å². The number of nitrogens with zero attached hydrogens (tertiary/aromatic N) is 2. The second-order valence-electron chi connectivity index (χ2n) is 11.2. The van der Waals surface area contributed by atoms with Gasteiger partial charge in [0, 0.05) is 33.4 Å². The largest absolute Gasteiger partial charge is 0.456 e. The zero-order chi connectivity index (χ0) is 29.7. The molecule has 0 bridgehead atoms. The molecule has 4 nitrogen and oxygen atoms in total. The molecule has 2 heterocycles. The molecule has 0 unspecified atom stereocenters. The molecule has 0 fully saturated rings. The van der Waals surface area contributed by atoms with Crippen LogP contribution in [0.4, 0.5) is 17.1 Å². The molecule has 7 aromatic carbocycles. The molecule has 0 amide bonds. The van der Waals surface area contributed by atoms with Crippen LogP contribution in [-0.4, -0.2) is 4.98 Å². The van der Waals surface area contributed by atoms with E-state index < -0.39 is 0 Å². The van der Waals surface area contributed by atoms with E-state index in [0.29, 0.717) is 5.89 Å². The van der Waals surface area contributed by atoms with Gasteiger partial charge >= 0.3 is 0 Å². The van der Waals surface area contributed by atoms with Gasteiger partial charge in [-0.1, -0.05) is 91.0 Å². The molecule has 9 rings (SSSR count). The number of benzene rings is 7. The van der Waals surface area contributed by atoms with Crippen LogP contribution in [0.3, 0.4) is 0 Å². The summed E-state index contributed by atoms with van der Waals surface area (Å²) in [5.74, 6) is 0.580. The average molecular weight is 579 g/mol. The van der Waals surface area contributed by atoms with Gasteiger partial charge in [0.2, 0.25) is 5.89 Å². The lowest BCUT2D eigenvalue weighted by Crippen LogP contribution is -2.10. The number of hydrogen-bond acceptors (Lipinski definition) is 4. The third kappa shape index (κ3) is 4.35. The van der Waals surface area contributed by atoms with Gasteiger partial charge in [0.05, 0.1) is 0 Å². The second-order valence-corrected chi connectivity index (χ2v) is 11.2. The Bertz CT molecular complexity index is 2480. The molecule has 9 aromatic rings. The van der Waals surface area contributed by atoms with Crippen LogP contribution in [0.5, 0.6) is 0 Å². The molecule has 2 aromatic heterocycles. The Balaban J connectivity index is 1.27. The van der Waals surface area contributed by atoms with Crippen LogP contribution in [0.2, 0.25) is 0 Å². The predicted molar refractivity (Wildman–Crippen MR) is 184 cm³/mol. The Morgan fingerprint density at radius 3 is 2.07 bits per heavy atom. The van der Waals surface area contributed by atoms with Crippen LogP contribution < -0.4 is 4.90 Å². The Kier molecular flexibility index (Phi) is 5.78. The van der Waals surface area contributed by atoms with Gasteiger partial charge in [0.1, 0.15) is 16.7 Å². The van der Waals surface area contributed by atoms with Crippen molar-refractivity contribution < 1.29 is 8.83 Å². The van der Waals surface area contributed by atoms with E-state index in [2.05, 4.69) is 120 Å². The summed E-state index contributed by atoms with van der Waals surface area (Å²) in [6.45, 7) is 0. The van der Waals surface area contributed by atoms with Crippen LogP contribution in [0, 0.1) is 0 Å². The van der Waals surface area contributed by atoms with Crippen LogP contribution in [0.15, 0.2) is 167 Å². The Labute approximate surface area is 259 Å². The van der Waals surface area contributed by atoms with Crippen molar-refractivity contribution in [2.75, 3.05) is 4.90 Å². The molecular weight excluding hydrogens is 552 g/mol. The number of fused-ring (bicyclic) bond motifs is 5. The lowest BCUT2D eigenvalue weighted by molar-refractivity contribution is 0.620. The number of para-hydroxylation sites is 2. The van der Waals surface area contributed by atoms with Gasteiger partial charge in [-0.25, -0.2) is 4.98 Å². The Morgan fingerprint density at radius 2 is 1.16 bits per heavy atom. The van der Waals surface area contributed by atoms with Crippen LogP contribution in [0.1, 0.15) is 0 Å². The summed E-state index contributed by atoms with van der Waals surface area (Å²) in [5.41, 5.74) is 9.62. The predicted octanol–water partition coefficient (Wildman–Crippen LogP) is 11.7. The lowest BCUT2D eigenvalue weighted by atomic mass is 10.0. The van der Waals surface area contributed by atoms with E-state index in [1.165, 1.54) is 16.3 Å². The molecule has 4 heteroatoms. The number of oxazole rings is 1. The van der Waals surface area contributed by atoms with Crippen LogP contribution in [0.25, 0.3) is 66.4 Å². The number of rotatable bonds is 5. The molecule has 212 valence electrons. The Morgan fingerprint density at radius 1 is 0.444 bits per heavy atom.